The number of nitrogens with two attached hydrogens (primary N) is 1. The quantitative estimate of drug-likeness (QED) is 0.186. The Balaban J connectivity index is 1.57. The molecule has 1 fully saturated rings. The molecule has 13 nitrogen and oxygen atoms in total. The first-order chi connectivity index (χ1) is 20.4. The van der Waals surface area contributed by atoms with Gasteiger partial charge in [0, 0.05) is 5.92 Å². The zero-order chi connectivity index (χ0) is 31.4. The highest BCUT2D eigenvalue weighted by molar-refractivity contribution is 7.52. The first-order valence-corrected chi connectivity index (χ1v) is 15.8. The van der Waals surface area contributed by atoms with Crippen molar-refractivity contribution >= 4 is 25.1 Å². The van der Waals surface area contributed by atoms with Crippen LogP contribution in [-0.2, 0) is 29.0 Å². The monoisotopic (exact) mass is 614 g/mol. The van der Waals surface area contributed by atoms with E-state index in [9.17, 15) is 19.7 Å². The molecule has 14 heteroatoms. The second kappa shape index (κ2) is 13.0. The van der Waals surface area contributed by atoms with Crippen molar-refractivity contribution in [2.75, 3.05) is 18.9 Å². The van der Waals surface area contributed by atoms with Crippen LogP contribution in [-0.4, -0.2) is 56.6 Å². The van der Waals surface area contributed by atoms with Crippen molar-refractivity contribution < 1.29 is 33.0 Å². The van der Waals surface area contributed by atoms with Crippen molar-refractivity contribution in [1.29, 1.82) is 5.26 Å². The predicted octanol–water partition coefficient (Wildman–Crippen LogP) is 3.98. The second-order valence-corrected chi connectivity index (χ2v) is 12.8. The summed E-state index contributed by atoms with van der Waals surface area (Å²) in [5, 5.41) is 28.4. The molecule has 5 unspecified atom stereocenters. The van der Waals surface area contributed by atoms with Gasteiger partial charge in [0.05, 0.1) is 25.0 Å². The summed E-state index contributed by atoms with van der Waals surface area (Å²) in [5.41, 5.74) is 3.67. The maximum atomic E-state index is 14.2. The number of aliphatic hydroxyl groups is 1. The highest BCUT2D eigenvalue weighted by Crippen LogP contribution is 2.49. The van der Waals surface area contributed by atoms with Crippen LogP contribution in [0.5, 0.6) is 5.75 Å². The van der Waals surface area contributed by atoms with Crippen LogP contribution in [0.4, 0.5) is 5.82 Å². The van der Waals surface area contributed by atoms with E-state index < -0.39 is 49.6 Å². The van der Waals surface area contributed by atoms with E-state index in [0.717, 1.165) is 12.8 Å². The summed E-state index contributed by atoms with van der Waals surface area (Å²) >= 11 is 0. The molecule has 1 aromatic carbocycles. The van der Waals surface area contributed by atoms with Crippen LogP contribution in [0.2, 0.25) is 0 Å². The minimum Gasteiger partial charge on any atom is -0.464 e. The third-order valence-electron chi connectivity index (χ3n) is 7.81. The largest absolute Gasteiger partial charge is 0.464 e. The van der Waals surface area contributed by atoms with Crippen LogP contribution in [0.3, 0.4) is 0 Å². The van der Waals surface area contributed by atoms with E-state index in [-0.39, 0.29) is 24.1 Å². The summed E-state index contributed by atoms with van der Waals surface area (Å²) < 4.78 is 38.9. The number of aromatic nitrogens is 3. The van der Waals surface area contributed by atoms with Crippen molar-refractivity contribution in [2.45, 2.75) is 70.8 Å². The summed E-state index contributed by atoms with van der Waals surface area (Å²) in [4.78, 5) is 17.0. The molecule has 0 aliphatic carbocycles. The van der Waals surface area contributed by atoms with Crippen LogP contribution in [0.1, 0.15) is 53.2 Å². The number of para-hydroxylation sites is 1. The first kappa shape index (κ1) is 32.4. The molecule has 1 aliphatic rings. The Bertz CT molecular complexity index is 1510. The lowest BCUT2D eigenvalue weighted by Crippen LogP contribution is -2.47. The van der Waals surface area contributed by atoms with Gasteiger partial charge in [-0.1, -0.05) is 51.8 Å². The number of hydrogen-bond donors (Lipinski definition) is 3. The molecule has 0 spiro atoms. The minimum atomic E-state index is -4.30. The van der Waals surface area contributed by atoms with Gasteiger partial charge in [-0.2, -0.15) is 15.4 Å². The number of benzene rings is 1. The lowest BCUT2D eigenvalue weighted by atomic mass is 9.85. The number of carbonyl (C=O) groups is 1. The van der Waals surface area contributed by atoms with Gasteiger partial charge < -0.3 is 24.8 Å². The average molecular weight is 615 g/mol. The van der Waals surface area contributed by atoms with E-state index in [0.29, 0.717) is 11.2 Å². The highest BCUT2D eigenvalue weighted by atomic mass is 31.2. The van der Waals surface area contributed by atoms with Crippen molar-refractivity contribution in [3.63, 3.8) is 0 Å². The molecule has 4 rings (SSSR count). The van der Waals surface area contributed by atoms with E-state index in [4.69, 9.17) is 24.3 Å². The molecule has 0 bridgehead atoms. The number of rotatable bonds is 13. The molecule has 43 heavy (non-hydrogen) atoms. The van der Waals surface area contributed by atoms with Gasteiger partial charge in [0.15, 0.2) is 5.82 Å². The lowest BCUT2D eigenvalue weighted by molar-refractivity contribution is -0.151. The molecule has 3 heterocycles. The fourth-order valence-corrected chi connectivity index (χ4v) is 6.66. The van der Waals surface area contributed by atoms with Crippen LogP contribution < -0.4 is 15.3 Å². The fraction of sp³-hybridized carbons (Fsp3) is 0.517. The summed E-state index contributed by atoms with van der Waals surface area (Å²) in [6, 6.07) is 13.8. The topological polar surface area (TPSA) is 183 Å². The Morgan fingerprint density at radius 1 is 1.28 bits per heavy atom. The van der Waals surface area contributed by atoms with Crippen LogP contribution in [0.15, 0.2) is 48.8 Å². The normalized spacial score (nSPS) is 23.6. The molecular weight excluding hydrogens is 575 g/mol. The first-order valence-electron chi connectivity index (χ1n) is 14.2. The van der Waals surface area contributed by atoms with Crippen LogP contribution in [0.25, 0.3) is 5.52 Å². The Labute approximate surface area is 250 Å². The SMILES string of the molecule is CCC(CC)COC(=O)C(C)(C)NP(=O)(OCC1OC(C#N)(c2ccc3c(N)ncnn23)C(C)C1O)Oc1ccccc1. The number of nitriles is 1. The Morgan fingerprint density at radius 3 is 2.63 bits per heavy atom. The molecule has 1 aliphatic heterocycles. The van der Waals surface area contributed by atoms with E-state index in [1.165, 1.54) is 24.7 Å². The number of carbonyl (C=O) groups excluding carboxylic acids is 1. The lowest BCUT2D eigenvalue weighted by Gasteiger charge is -2.30. The van der Waals surface area contributed by atoms with Crippen molar-refractivity contribution in [3.05, 3.63) is 54.5 Å². The molecular formula is C29H39N6O7P. The van der Waals surface area contributed by atoms with Gasteiger partial charge in [-0.3, -0.25) is 9.32 Å². The van der Waals surface area contributed by atoms with Gasteiger partial charge in [-0.15, -0.1) is 0 Å². The third kappa shape index (κ3) is 6.69. The molecule has 0 saturated carbocycles. The van der Waals surface area contributed by atoms with Crippen LogP contribution >= 0.6 is 7.75 Å². The summed E-state index contributed by atoms with van der Waals surface area (Å²) in [5.74, 6) is -0.738. The molecule has 1 saturated heterocycles. The van der Waals surface area contributed by atoms with Crippen molar-refractivity contribution in [1.82, 2.24) is 19.7 Å². The van der Waals surface area contributed by atoms with Gasteiger partial charge in [-0.25, -0.2) is 14.1 Å². The number of anilines is 1. The number of esters is 1. The fourth-order valence-electron chi connectivity index (χ4n) is 4.98. The molecule has 2 aromatic heterocycles. The summed E-state index contributed by atoms with van der Waals surface area (Å²) in [7, 11) is -4.30. The maximum Gasteiger partial charge on any atom is 0.459 e. The molecule has 3 aromatic rings. The van der Waals surface area contributed by atoms with Crippen molar-refractivity contribution in [3.8, 4) is 11.8 Å². The Kier molecular flexibility index (Phi) is 9.79. The van der Waals surface area contributed by atoms with Gasteiger partial charge in [0.1, 0.15) is 35.3 Å². The smallest absolute Gasteiger partial charge is 0.459 e. The third-order valence-corrected chi connectivity index (χ3v) is 9.58. The standard InChI is InChI=1S/C29H39N6O7P/c1-6-20(7-2)15-39-27(37)28(4,5)34-43(38,42-21-11-9-8-10-12-21)40-16-23-25(36)19(3)29(17-30,41-23)24-14-13-22-26(31)32-18-33-35(22)24/h8-14,18-20,23,25,36H,6-7,15-16H2,1-5H3,(H,34,38)(H2,31,32,33). The predicted molar refractivity (Wildman–Crippen MR) is 158 cm³/mol. The minimum absolute atomic E-state index is 0.201. The number of nitrogen functional groups attached to an aromatic ring is 1. The molecule has 232 valence electrons. The molecule has 0 amide bonds. The molecule has 4 N–H and O–H groups in total. The highest BCUT2D eigenvalue weighted by Gasteiger charge is 2.56. The zero-order valence-electron chi connectivity index (χ0n) is 25.0. The maximum absolute atomic E-state index is 14.2. The number of aliphatic hydroxyl groups excluding tert-OH is 1. The average Bonchev–Trinajstić information content (AvgIpc) is 3.53. The second-order valence-electron chi connectivity index (χ2n) is 11.2. The van der Waals surface area contributed by atoms with Gasteiger partial charge >= 0.3 is 13.7 Å². The van der Waals surface area contributed by atoms with Crippen molar-refractivity contribution in [2.24, 2.45) is 11.8 Å². The number of nitrogens with one attached hydrogen (secondary N) is 1. The Morgan fingerprint density at radius 2 is 1.98 bits per heavy atom. The zero-order valence-corrected chi connectivity index (χ0v) is 25.9. The molecule has 0 radical (unpaired) electrons. The molecule has 5 atom stereocenters. The Hall–Kier alpha value is -3.53. The summed E-state index contributed by atoms with van der Waals surface area (Å²) in [6.45, 7) is 8.52. The number of nitrogens with zero attached hydrogens (tertiary/aromatic N) is 4. The van der Waals surface area contributed by atoms with E-state index in [1.54, 1.807) is 49.4 Å². The van der Waals surface area contributed by atoms with Gasteiger partial charge in [-0.05, 0) is 44.0 Å². The van der Waals surface area contributed by atoms with E-state index in [2.05, 4.69) is 21.2 Å². The van der Waals surface area contributed by atoms with Crippen LogP contribution in [0, 0.1) is 23.2 Å². The summed E-state index contributed by atoms with van der Waals surface area (Å²) in [6.07, 6.45) is 0.657. The van der Waals surface area contributed by atoms with Gasteiger partial charge in [0.2, 0.25) is 5.60 Å². The van der Waals surface area contributed by atoms with Gasteiger partial charge in [0.25, 0.3) is 0 Å². The number of ether oxygens (including phenoxy) is 2. The van der Waals surface area contributed by atoms with E-state index >= 15 is 0 Å². The van der Waals surface area contributed by atoms with E-state index in [1.807, 2.05) is 13.8 Å². The number of fused-ring (bicyclic) bond motifs is 1. The number of hydrogen-bond acceptors (Lipinski definition) is 11.